The van der Waals surface area contributed by atoms with Gasteiger partial charge in [-0.3, -0.25) is 9.59 Å². The van der Waals surface area contributed by atoms with Crippen molar-refractivity contribution in [3.8, 4) is 0 Å². The minimum absolute atomic E-state index is 0.0497. The van der Waals surface area contributed by atoms with E-state index in [9.17, 15) is 9.59 Å². The molecule has 0 spiro atoms. The van der Waals surface area contributed by atoms with Crippen molar-refractivity contribution in [2.75, 3.05) is 17.7 Å². The Bertz CT molecular complexity index is 483. The van der Waals surface area contributed by atoms with Crippen LogP contribution in [0.4, 0.5) is 5.69 Å². The van der Waals surface area contributed by atoms with E-state index in [1.54, 1.807) is 12.1 Å². The molecule has 0 aliphatic carbocycles. The Balaban J connectivity index is 2.28. The van der Waals surface area contributed by atoms with Crippen LogP contribution < -0.4 is 5.32 Å². The highest BCUT2D eigenvalue weighted by Gasteiger charge is 2.21. The number of benzene rings is 1. The highest BCUT2D eigenvalue weighted by Crippen LogP contribution is 2.32. The number of nitrogens with one attached hydrogen (secondary N) is 1. The van der Waals surface area contributed by atoms with Gasteiger partial charge in [0.1, 0.15) is 0 Å². The lowest BCUT2D eigenvalue weighted by Crippen LogP contribution is -2.21. The third kappa shape index (κ3) is 2.57. The summed E-state index contributed by atoms with van der Waals surface area (Å²) in [7, 11) is 0. The van der Waals surface area contributed by atoms with Gasteiger partial charge in [0.15, 0.2) is 5.78 Å². The molecule has 0 saturated carbocycles. The minimum Gasteiger partial charge on any atom is -0.396 e. The zero-order chi connectivity index (χ0) is 13.1. The largest absolute Gasteiger partial charge is 0.396 e. The molecule has 96 valence electrons. The molecule has 1 aliphatic heterocycles. The second kappa shape index (κ2) is 5.54. The molecule has 0 saturated heterocycles. The predicted octanol–water partition coefficient (Wildman–Crippen LogP) is 1.93. The van der Waals surface area contributed by atoms with Gasteiger partial charge in [0.2, 0.25) is 5.91 Å². The fourth-order valence-corrected chi connectivity index (χ4v) is 2.66. The molecule has 1 amide bonds. The minimum atomic E-state index is -0.366. The number of amides is 1. The van der Waals surface area contributed by atoms with Crippen LogP contribution in [0.25, 0.3) is 0 Å². The van der Waals surface area contributed by atoms with Crippen LogP contribution in [-0.4, -0.2) is 29.2 Å². The molecule has 1 heterocycles. The maximum Gasteiger partial charge on any atom is 0.234 e. The molecule has 0 aromatic heterocycles. The van der Waals surface area contributed by atoms with Gasteiger partial charge in [0.05, 0.1) is 18.0 Å². The number of anilines is 1. The molecule has 1 aromatic rings. The number of hydrogen-bond donors (Lipinski definition) is 2. The fourth-order valence-electron chi connectivity index (χ4n) is 1.87. The lowest BCUT2D eigenvalue weighted by Gasteiger charge is -2.18. The first-order chi connectivity index (χ1) is 8.65. The van der Waals surface area contributed by atoms with Gasteiger partial charge in [-0.1, -0.05) is 13.0 Å². The van der Waals surface area contributed by atoms with Crippen LogP contribution in [-0.2, 0) is 4.79 Å². The lowest BCUT2D eigenvalue weighted by molar-refractivity contribution is -0.113. The maximum absolute atomic E-state index is 12.1. The van der Waals surface area contributed by atoms with Crippen LogP contribution in [0, 0.1) is 5.92 Å². The number of carbonyl (C=O) groups is 2. The standard InChI is InChI=1S/C13H15NO3S/c1-2-8(6-15)13(17)9-3-4-11-10(5-9)14-12(16)7-18-11/h3-5,8,15H,2,6-7H2,1H3,(H,14,16). The van der Waals surface area contributed by atoms with E-state index < -0.39 is 0 Å². The summed E-state index contributed by atoms with van der Waals surface area (Å²) < 4.78 is 0. The molecule has 1 atom stereocenters. The summed E-state index contributed by atoms with van der Waals surface area (Å²) in [6, 6.07) is 5.29. The molecule has 0 radical (unpaired) electrons. The Hall–Kier alpha value is -1.33. The van der Waals surface area contributed by atoms with Crippen molar-refractivity contribution in [3.63, 3.8) is 0 Å². The smallest absolute Gasteiger partial charge is 0.234 e. The average Bonchev–Trinajstić information content (AvgIpc) is 2.39. The molecule has 1 aliphatic rings. The Morgan fingerprint density at radius 1 is 1.56 bits per heavy atom. The Kier molecular flexibility index (Phi) is 4.04. The van der Waals surface area contributed by atoms with Crippen molar-refractivity contribution >= 4 is 29.1 Å². The van der Waals surface area contributed by atoms with Gasteiger partial charge in [-0.05, 0) is 18.6 Å². The van der Waals surface area contributed by atoms with Gasteiger partial charge in [0, 0.05) is 16.4 Å². The maximum atomic E-state index is 12.1. The summed E-state index contributed by atoms with van der Waals surface area (Å²) in [6.45, 7) is 1.72. The summed E-state index contributed by atoms with van der Waals surface area (Å²) in [5, 5.41) is 11.9. The van der Waals surface area contributed by atoms with Crippen molar-refractivity contribution in [2.45, 2.75) is 18.2 Å². The highest BCUT2D eigenvalue weighted by molar-refractivity contribution is 8.00. The van der Waals surface area contributed by atoms with Crippen molar-refractivity contribution in [3.05, 3.63) is 23.8 Å². The molecule has 18 heavy (non-hydrogen) atoms. The van der Waals surface area contributed by atoms with Crippen LogP contribution >= 0.6 is 11.8 Å². The van der Waals surface area contributed by atoms with Crippen LogP contribution in [0.15, 0.2) is 23.1 Å². The zero-order valence-electron chi connectivity index (χ0n) is 10.1. The molecular formula is C13H15NO3S. The number of fused-ring (bicyclic) bond motifs is 1. The summed E-state index contributed by atoms with van der Waals surface area (Å²) in [5.41, 5.74) is 1.23. The number of rotatable bonds is 4. The molecule has 0 bridgehead atoms. The molecular weight excluding hydrogens is 250 g/mol. The number of aliphatic hydroxyl groups excluding tert-OH is 1. The van der Waals surface area contributed by atoms with Crippen LogP contribution in [0.1, 0.15) is 23.7 Å². The number of aliphatic hydroxyl groups is 1. The van der Waals surface area contributed by atoms with Gasteiger partial charge >= 0.3 is 0 Å². The normalized spacial score (nSPS) is 15.8. The van der Waals surface area contributed by atoms with E-state index in [0.717, 1.165) is 4.90 Å². The Morgan fingerprint density at radius 3 is 3.00 bits per heavy atom. The van der Waals surface area contributed by atoms with Crippen LogP contribution in [0.3, 0.4) is 0 Å². The van der Waals surface area contributed by atoms with E-state index in [2.05, 4.69) is 5.32 Å². The van der Waals surface area contributed by atoms with Gasteiger partial charge < -0.3 is 10.4 Å². The topological polar surface area (TPSA) is 66.4 Å². The van der Waals surface area contributed by atoms with Crippen molar-refractivity contribution < 1.29 is 14.7 Å². The van der Waals surface area contributed by atoms with Crippen molar-refractivity contribution in [2.24, 2.45) is 5.92 Å². The number of thioether (sulfide) groups is 1. The van der Waals surface area contributed by atoms with E-state index in [-0.39, 0.29) is 24.2 Å². The summed E-state index contributed by atoms with van der Waals surface area (Å²) in [4.78, 5) is 24.4. The highest BCUT2D eigenvalue weighted by atomic mass is 32.2. The van der Waals surface area contributed by atoms with Gasteiger partial charge in [0.25, 0.3) is 0 Å². The molecule has 1 unspecified atom stereocenters. The zero-order valence-corrected chi connectivity index (χ0v) is 10.9. The van der Waals surface area contributed by atoms with Crippen molar-refractivity contribution in [1.82, 2.24) is 0 Å². The van der Waals surface area contributed by atoms with Crippen LogP contribution in [0.5, 0.6) is 0 Å². The summed E-state index contributed by atoms with van der Waals surface area (Å²) >= 11 is 1.46. The average molecular weight is 265 g/mol. The van der Waals surface area contributed by atoms with E-state index in [0.29, 0.717) is 23.4 Å². The summed E-state index contributed by atoms with van der Waals surface area (Å²) in [5.74, 6) is -0.0805. The lowest BCUT2D eigenvalue weighted by atomic mass is 9.96. The number of ketones is 1. The SMILES string of the molecule is CCC(CO)C(=O)c1ccc2c(c1)NC(=O)CS2. The second-order valence-electron chi connectivity index (χ2n) is 4.20. The van der Waals surface area contributed by atoms with E-state index in [1.807, 2.05) is 13.0 Å². The number of carbonyl (C=O) groups excluding carboxylic acids is 2. The predicted molar refractivity (Wildman–Crippen MR) is 71.0 cm³/mol. The van der Waals surface area contributed by atoms with E-state index in [1.165, 1.54) is 11.8 Å². The molecule has 1 aromatic carbocycles. The van der Waals surface area contributed by atoms with Gasteiger partial charge in [-0.15, -0.1) is 11.8 Å². The molecule has 2 rings (SSSR count). The quantitative estimate of drug-likeness (QED) is 0.816. The van der Waals surface area contributed by atoms with Crippen molar-refractivity contribution in [1.29, 1.82) is 0 Å². The second-order valence-corrected chi connectivity index (χ2v) is 5.22. The van der Waals surface area contributed by atoms with E-state index >= 15 is 0 Å². The van der Waals surface area contributed by atoms with Gasteiger partial charge in [-0.25, -0.2) is 0 Å². The Labute approximate surface area is 110 Å². The van der Waals surface area contributed by atoms with E-state index in [4.69, 9.17) is 5.11 Å². The third-order valence-electron chi connectivity index (χ3n) is 2.98. The molecule has 2 N–H and O–H groups in total. The van der Waals surface area contributed by atoms with Gasteiger partial charge in [-0.2, -0.15) is 0 Å². The van der Waals surface area contributed by atoms with Crippen LogP contribution in [0.2, 0.25) is 0 Å². The molecule has 0 fully saturated rings. The number of Topliss-reactive ketones (excluding diaryl/α,β-unsaturated/α-hetero) is 1. The summed E-state index contributed by atoms with van der Waals surface area (Å²) in [6.07, 6.45) is 0.605. The first-order valence-electron chi connectivity index (χ1n) is 5.87. The first-order valence-corrected chi connectivity index (χ1v) is 6.86. The fraction of sp³-hybridized carbons (Fsp3) is 0.385. The Morgan fingerprint density at radius 2 is 2.33 bits per heavy atom. The number of hydrogen-bond acceptors (Lipinski definition) is 4. The monoisotopic (exact) mass is 265 g/mol. The molecule has 5 heteroatoms. The molecule has 4 nitrogen and oxygen atoms in total. The third-order valence-corrected chi connectivity index (χ3v) is 4.05. The first kappa shape index (κ1) is 13.1.